The van der Waals surface area contributed by atoms with E-state index in [9.17, 15) is 12.8 Å². The predicted octanol–water partition coefficient (Wildman–Crippen LogP) is 2.11. The Balaban J connectivity index is 1.61. The standard InChI is InChI=1S/C19H24FN3O3S/c1-2-26-17-9-7-14(8-10-17)19-16(11-21-23-19)12-22-27(24,25)13-15-5-3-4-6-18(15)20/h3-10,16,19,21-23H,2,11-13H2,1H3. The second kappa shape index (κ2) is 8.79. The molecular formula is C19H24FN3O3S. The van der Waals surface area contributed by atoms with Crippen LogP contribution in [0, 0.1) is 11.7 Å². The van der Waals surface area contributed by atoms with Gasteiger partial charge in [0.25, 0.3) is 0 Å². The van der Waals surface area contributed by atoms with Gasteiger partial charge < -0.3 is 4.74 Å². The molecule has 0 aromatic heterocycles. The van der Waals surface area contributed by atoms with Crippen molar-refractivity contribution in [2.75, 3.05) is 19.7 Å². The Labute approximate surface area is 159 Å². The number of halogens is 1. The van der Waals surface area contributed by atoms with Gasteiger partial charge in [-0.2, -0.15) is 0 Å². The molecule has 0 spiro atoms. The van der Waals surface area contributed by atoms with Crippen molar-refractivity contribution in [1.29, 1.82) is 0 Å². The van der Waals surface area contributed by atoms with Crippen LogP contribution in [0.25, 0.3) is 0 Å². The SMILES string of the molecule is CCOc1ccc(C2NNCC2CNS(=O)(=O)Cc2ccccc2F)cc1. The smallest absolute Gasteiger partial charge is 0.215 e. The number of hydrogen-bond acceptors (Lipinski definition) is 5. The van der Waals surface area contributed by atoms with E-state index in [1.807, 2.05) is 31.2 Å². The number of benzene rings is 2. The molecule has 0 bridgehead atoms. The van der Waals surface area contributed by atoms with Gasteiger partial charge in [0.1, 0.15) is 11.6 Å². The van der Waals surface area contributed by atoms with Gasteiger partial charge in [-0.3, -0.25) is 5.43 Å². The minimum Gasteiger partial charge on any atom is -0.494 e. The van der Waals surface area contributed by atoms with Gasteiger partial charge in [-0.25, -0.2) is 23.0 Å². The molecule has 2 aromatic rings. The third-order valence-electron chi connectivity index (χ3n) is 4.51. The summed E-state index contributed by atoms with van der Waals surface area (Å²) in [5, 5.41) is 0. The van der Waals surface area contributed by atoms with Crippen LogP contribution in [0.1, 0.15) is 24.1 Å². The van der Waals surface area contributed by atoms with Gasteiger partial charge in [0, 0.05) is 24.6 Å². The molecule has 0 aliphatic carbocycles. The van der Waals surface area contributed by atoms with Crippen LogP contribution in [0.2, 0.25) is 0 Å². The molecule has 0 saturated carbocycles. The third kappa shape index (κ3) is 5.26. The van der Waals surface area contributed by atoms with E-state index in [4.69, 9.17) is 4.74 Å². The van der Waals surface area contributed by atoms with Crippen molar-refractivity contribution in [1.82, 2.24) is 15.6 Å². The van der Waals surface area contributed by atoms with Crippen molar-refractivity contribution in [3.63, 3.8) is 0 Å². The molecule has 0 radical (unpaired) electrons. The van der Waals surface area contributed by atoms with E-state index in [-0.39, 0.29) is 29.8 Å². The summed E-state index contributed by atoms with van der Waals surface area (Å²) in [5.74, 6) is -0.0620. The van der Waals surface area contributed by atoms with Gasteiger partial charge in [-0.15, -0.1) is 0 Å². The molecule has 8 heteroatoms. The van der Waals surface area contributed by atoms with Crippen LogP contribution in [0.4, 0.5) is 4.39 Å². The minimum absolute atomic E-state index is 0.0262. The maximum Gasteiger partial charge on any atom is 0.215 e. The average Bonchev–Trinajstić information content (AvgIpc) is 3.12. The highest BCUT2D eigenvalue weighted by Gasteiger charge is 2.29. The Bertz CT molecular complexity index is 859. The number of rotatable bonds is 8. The van der Waals surface area contributed by atoms with Gasteiger partial charge in [-0.1, -0.05) is 30.3 Å². The Morgan fingerprint density at radius 1 is 1.19 bits per heavy atom. The highest BCUT2D eigenvalue weighted by molar-refractivity contribution is 7.88. The summed E-state index contributed by atoms with van der Waals surface area (Å²) in [6, 6.07) is 13.6. The van der Waals surface area contributed by atoms with Crippen molar-refractivity contribution < 1.29 is 17.5 Å². The van der Waals surface area contributed by atoms with E-state index in [0.717, 1.165) is 11.3 Å². The second-order valence-corrected chi connectivity index (χ2v) is 8.27. The Hall–Kier alpha value is -2.00. The van der Waals surface area contributed by atoms with Crippen LogP contribution in [-0.4, -0.2) is 28.1 Å². The Morgan fingerprint density at radius 3 is 2.63 bits per heavy atom. The first-order valence-corrected chi connectivity index (χ1v) is 10.6. The summed E-state index contributed by atoms with van der Waals surface area (Å²) >= 11 is 0. The third-order valence-corrected chi connectivity index (χ3v) is 5.81. The summed E-state index contributed by atoms with van der Waals surface area (Å²) in [6.45, 7) is 3.42. The molecule has 0 amide bonds. The van der Waals surface area contributed by atoms with Crippen LogP contribution in [0.15, 0.2) is 48.5 Å². The molecule has 2 unspecified atom stereocenters. The van der Waals surface area contributed by atoms with E-state index in [1.54, 1.807) is 6.07 Å². The van der Waals surface area contributed by atoms with Crippen LogP contribution < -0.4 is 20.3 Å². The fourth-order valence-electron chi connectivity index (χ4n) is 3.12. The monoisotopic (exact) mass is 393 g/mol. The molecule has 1 fully saturated rings. The van der Waals surface area contributed by atoms with Gasteiger partial charge >= 0.3 is 0 Å². The van der Waals surface area contributed by atoms with Crippen molar-refractivity contribution in [3.8, 4) is 5.75 Å². The Morgan fingerprint density at radius 2 is 1.93 bits per heavy atom. The molecule has 27 heavy (non-hydrogen) atoms. The topological polar surface area (TPSA) is 79.5 Å². The van der Waals surface area contributed by atoms with Crippen molar-refractivity contribution in [2.24, 2.45) is 5.92 Å². The van der Waals surface area contributed by atoms with Gasteiger partial charge in [0.15, 0.2) is 0 Å². The Kier molecular flexibility index (Phi) is 6.43. The van der Waals surface area contributed by atoms with E-state index in [0.29, 0.717) is 13.2 Å². The van der Waals surface area contributed by atoms with Gasteiger partial charge in [-0.05, 0) is 30.7 Å². The van der Waals surface area contributed by atoms with E-state index >= 15 is 0 Å². The second-order valence-electron chi connectivity index (χ2n) is 6.46. The fourth-order valence-corrected chi connectivity index (χ4v) is 4.34. The highest BCUT2D eigenvalue weighted by atomic mass is 32.2. The number of nitrogens with one attached hydrogen (secondary N) is 3. The number of sulfonamides is 1. The summed E-state index contributed by atoms with van der Waals surface area (Å²) in [5.41, 5.74) is 7.47. The molecule has 1 heterocycles. The number of hydrazine groups is 1. The largest absolute Gasteiger partial charge is 0.494 e. The number of hydrogen-bond donors (Lipinski definition) is 3. The maximum absolute atomic E-state index is 13.7. The lowest BCUT2D eigenvalue weighted by Crippen LogP contribution is -2.33. The van der Waals surface area contributed by atoms with Crippen LogP contribution in [0.3, 0.4) is 0 Å². The lowest BCUT2D eigenvalue weighted by atomic mass is 9.95. The summed E-state index contributed by atoms with van der Waals surface area (Å²) in [7, 11) is -3.63. The van der Waals surface area contributed by atoms with Crippen LogP contribution in [0.5, 0.6) is 5.75 Å². The maximum atomic E-state index is 13.7. The van der Waals surface area contributed by atoms with Crippen molar-refractivity contribution in [3.05, 3.63) is 65.5 Å². The molecular weight excluding hydrogens is 369 g/mol. The first-order chi connectivity index (χ1) is 13.0. The average molecular weight is 393 g/mol. The summed E-state index contributed by atoms with van der Waals surface area (Å²) in [6.07, 6.45) is 0. The quantitative estimate of drug-likeness (QED) is 0.640. The predicted molar refractivity (Wildman–Crippen MR) is 102 cm³/mol. The van der Waals surface area contributed by atoms with E-state index in [2.05, 4.69) is 15.6 Å². The van der Waals surface area contributed by atoms with Crippen molar-refractivity contribution >= 4 is 10.0 Å². The lowest BCUT2D eigenvalue weighted by molar-refractivity contribution is 0.340. The number of ether oxygens (including phenoxy) is 1. The van der Waals surface area contributed by atoms with Gasteiger partial charge in [0.2, 0.25) is 10.0 Å². The van der Waals surface area contributed by atoms with Crippen molar-refractivity contribution in [2.45, 2.75) is 18.7 Å². The highest BCUT2D eigenvalue weighted by Crippen LogP contribution is 2.26. The molecule has 6 nitrogen and oxygen atoms in total. The van der Waals surface area contributed by atoms with Gasteiger partial charge in [0.05, 0.1) is 18.4 Å². The van der Waals surface area contributed by atoms with Crippen LogP contribution >= 0.6 is 0 Å². The molecule has 146 valence electrons. The zero-order valence-corrected chi connectivity index (χ0v) is 15.9. The summed E-state index contributed by atoms with van der Waals surface area (Å²) in [4.78, 5) is 0. The minimum atomic E-state index is -3.63. The fraction of sp³-hybridized carbons (Fsp3) is 0.368. The van der Waals surface area contributed by atoms with E-state index in [1.165, 1.54) is 18.2 Å². The summed E-state index contributed by atoms with van der Waals surface area (Å²) < 4.78 is 46.4. The zero-order chi connectivity index (χ0) is 19.3. The van der Waals surface area contributed by atoms with E-state index < -0.39 is 15.8 Å². The normalized spacial score (nSPS) is 19.9. The zero-order valence-electron chi connectivity index (χ0n) is 15.1. The molecule has 1 aliphatic heterocycles. The molecule has 2 aromatic carbocycles. The first-order valence-electron chi connectivity index (χ1n) is 8.90. The molecule has 2 atom stereocenters. The molecule has 3 N–H and O–H groups in total. The van der Waals surface area contributed by atoms with Crippen LogP contribution in [-0.2, 0) is 15.8 Å². The first kappa shape index (κ1) is 19.8. The lowest BCUT2D eigenvalue weighted by Gasteiger charge is -2.19. The molecule has 3 rings (SSSR count). The molecule has 1 aliphatic rings. The molecule has 1 saturated heterocycles.